The van der Waals surface area contributed by atoms with Gasteiger partial charge in [0, 0.05) is 33.9 Å². The van der Waals surface area contributed by atoms with Gasteiger partial charge in [-0.25, -0.2) is 8.78 Å². The molecule has 4 rings (SSSR count). The van der Waals surface area contributed by atoms with Crippen LogP contribution in [0.3, 0.4) is 0 Å². The molecule has 0 amide bonds. The van der Waals surface area contributed by atoms with Crippen molar-refractivity contribution in [3.8, 4) is 11.5 Å². The molecule has 2 N–H and O–H groups in total. The van der Waals surface area contributed by atoms with E-state index in [0.717, 1.165) is 30.5 Å². The van der Waals surface area contributed by atoms with Gasteiger partial charge in [0.05, 0.1) is 5.69 Å². The summed E-state index contributed by atoms with van der Waals surface area (Å²) in [6, 6.07) is 16.7. The smallest absolute Gasteiger partial charge is 0.210 e. The van der Waals surface area contributed by atoms with E-state index in [2.05, 4.69) is 23.8 Å². The molecule has 4 nitrogen and oxygen atoms in total. The van der Waals surface area contributed by atoms with Crippen LogP contribution in [-0.2, 0) is 6.42 Å². The zero-order valence-electron chi connectivity index (χ0n) is 22.8. The Hall–Kier alpha value is -4.19. The number of ether oxygens (including phenoxy) is 1. The summed E-state index contributed by atoms with van der Waals surface area (Å²) in [7, 11) is 0. The third-order valence-electron chi connectivity index (χ3n) is 6.97. The summed E-state index contributed by atoms with van der Waals surface area (Å²) >= 11 is 0. The van der Waals surface area contributed by atoms with E-state index in [-0.39, 0.29) is 23.3 Å². The van der Waals surface area contributed by atoms with Crippen molar-refractivity contribution < 1.29 is 18.3 Å². The Morgan fingerprint density at radius 1 is 1.08 bits per heavy atom. The van der Waals surface area contributed by atoms with Gasteiger partial charge in [-0.15, -0.1) is 0 Å². The molecule has 0 saturated carbocycles. The summed E-state index contributed by atoms with van der Waals surface area (Å²) in [5.41, 5.74) is 4.47. The highest BCUT2D eigenvalue weighted by Gasteiger charge is 2.19. The molecule has 1 unspecified atom stereocenters. The summed E-state index contributed by atoms with van der Waals surface area (Å²) in [6.45, 7) is 11.8. The molecular formula is C33H34F2N2O2. The van der Waals surface area contributed by atoms with Gasteiger partial charge in [-0.1, -0.05) is 58.0 Å². The Morgan fingerprint density at radius 2 is 1.85 bits per heavy atom. The van der Waals surface area contributed by atoms with Crippen LogP contribution in [0, 0.1) is 11.6 Å². The summed E-state index contributed by atoms with van der Waals surface area (Å²) in [4.78, 5) is 16.7. The van der Waals surface area contributed by atoms with Gasteiger partial charge < -0.3 is 15.0 Å². The second kappa shape index (κ2) is 12.1. The molecule has 0 bridgehead atoms. The maximum absolute atomic E-state index is 14.7. The van der Waals surface area contributed by atoms with Gasteiger partial charge in [0.2, 0.25) is 5.78 Å². The highest BCUT2D eigenvalue weighted by Crippen LogP contribution is 2.31. The first-order valence-electron chi connectivity index (χ1n) is 13.3. The van der Waals surface area contributed by atoms with E-state index in [1.807, 2.05) is 19.9 Å². The van der Waals surface area contributed by atoms with Gasteiger partial charge in [0.1, 0.15) is 11.6 Å². The Morgan fingerprint density at radius 3 is 2.54 bits per heavy atom. The molecule has 3 aromatic carbocycles. The number of aryl methyl sites for hydroxylation is 1. The molecule has 4 aromatic rings. The number of hydrogen-bond donors (Lipinski definition) is 2. The first-order valence-corrected chi connectivity index (χ1v) is 13.3. The first-order chi connectivity index (χ1) is 18.7. The number of anilines is 1. The lowest BCUT2D eigenvalue weighted by atomic mass is 9.97. The van der Waals surface area contributed by atoms with Gasteiger partial charge in [-0.05, 0) is 73.2 Å². The van der Waals surface area contributed by atoms with Gasteiger partial charge in [0.15, 0.2) is 11.6 Å². The van der Waals surface area contributed by atoms with Crippen LogP contribution in [0.2, 0.25) is 0 Å². The van der Waals surface area contributed by atoms with E-state index in [9.17, 15) is 13.6 Å². The molecule has 0 fully saturated rings. The Kier molecular flexibility index (Phi) is 8.65. The molecule has 0 saturated heterocycles. The van der Waals surface area contributed by atoms with E-state index >= 15 is 0 Å². The quantitative estimate of drug-likeness (QED) is 0.116. The highest BCUT2D eigenvalue weighted by atomic mass is 19.1. The number of H-pyrrole nitrogens is 1. The summed E-state index contributed by atoms with van der Waals surface area (Å²) in [5, 5.41) is 3.99. The standard InChI is InChI=1S/C33H34F2N2O2/c1-6-11-22-14-15-24(39-32-13-10-9-12-27(32)34)18-29(22)36-21(5)25(8-3)33(38)31-17-23-16-28(35)26(20(4)7-2)19-30(23)37-31/h8-10,12-20,36-37H,3,6-7,11H2,1-2,4-5H3/b25-21-. The van der Waals surface area contributed by atoms with Crippen molar-refractivity contribution >= 4 is 22.4 Å². The zero-order valence-corrected chi connectivity index (χ0v) is 22.8. The van der Waals surface area contributed by atoms with Crippen LogP contribution in [-0.4, -0.2) is 10.8 Å². The number of ketones is 1. The maximum atomic E-state index is 14.7. The van der Waals surface area contributed by atoms with Crippen LogP contribution in [0.5, 0.6) is 11.5 Å². The number of allylic oxidation sites excluding steroid dienone is 3. The SMILES string of the molecule is C=C/C(C(=O)c1cc2cc(F)c(C(C)CC)cc2[nH]1)=C(\C)Nc1cc(Oc2ccccc2F)ccc1CCC. The number of halogens is 2. The fourth-order valence-electron chi connectivity index (χ4n) is 4.60. The predicted molar refractivity (Wildman–Crippen MR) is 155 cm³/mol. The normalized spacial score (nSPS) is 12.7. The van der Waals surface area contributed by atoms with Crippen LogP contribution >= 0.6 is 0 Å². The minimum Gasteiger partial charge on any atom is -0.454 e. The average molecular weight is 529 g/mol. The molecular weight excluding hydrogens is 494 g/mol. The third kappa shape index (κ3) is 6.11. The number of Topliss-reactive ketones (excluding diaryl/α,β-unsaturated/α-hetero) is 1. The Labute approximate surface area is 228 Å². The van der Waals surface area contributed by atoms with Crippen LogP contribution in [0.25, 0.3) is 10.9 Å². The van der Waals surface area contributed by atoms with Crippen LogP contribution in [0.4, 0.5) is 14.5 Å². The van der Waals surface area contributed by atoms with E-state index in [4.69, 9.17) is 4.74 Å². The lowest BCUT2D eigenvalue weighted by molar-refractivity contribution is 0.103. The van der Waals surface area contributed by atoms with Gasteiger partial charge in [-0.3, -0.25) is 4.79 Å². The van der Waals surface area contributed by atoms with Crippen LogP contribution in [0.1, 0.15) is 68.1 Å². The molecule has 0 radical (unpaired) electrons. The molecule has 202 valence electrons. The maximum Gasteiger partial charge on any atom is 0.210 e. The molecule has 0 aliphatic heterocycles. The monoisotopic (exact) mass is 528 g/mol. The highest BCUT2D eigenvalue weighted by molar-refractivity contribution is 6.12. The van der Waals surface area contributed by atoms with E-state index in [1.54, 1.807) is 49.4 Å². The number of hydrogen-bond acceptors (Lipinski definition) is 3. The Bertz CT molecular complexity index is 1550. The second-order valence-electron chi connectivity index (χ2n) is 9.75. The number of nitrogens with one attached hydrogen (secondary N) is 2. The topological polar surface area (TPSA) is 54.1 Å². The molecule has 1 atom stereocenters. The zero-order chi connectivity index (χ0) is 28.1. The minimum absolute atomic E-state index is 0.0716. The third-order valence-corrected chi connectivity index (χ3v) is 6.97. The summed E-state index contributed by atoms with van der Waals surface area (Å²) in [5.74, 6) is -0.304. The number of fused-ring (bicyclic) bond motifs is 1. The summed E-state index contributed by atoms with van der Waals surface area (Å²) < 4.78 is 34.6. The van der Waals surface area contributed by atoms with Gasteiger partial charge in [0.25, 0.3) is 0 Å². The van der Waals surface area contributed by atoms with E-state index < -0.39 is 5.82 Å². The number of benzene rings is 3. The number of carbonyl (C=O) groups is 1. The first kappa shape index (κ1) is 27.8. The second-order valence-corrected chi connectivity index (χ2v) is 9.75. The van der Waals surface area contributed by atoms with E-state index in [1.165, 1.54) is 18.2 Å². The fraction of sp³-hybridized carbons (Fsp3) is 0.242. The molecule has 39 heavy (non-hydrogen) atoms. The van der Waals surface area contributed by atoms with Crippen molar-refractivity contribution in [3.05, 3.63) is 113 Å². The molecule has 0 spiro atoms. The van der Waals surface area contributed by atoms with E-state index in [0.29, 0.717) is 39.2 Å². The number of aromatic amines is 1. The average Bonchev–Trinajstić information content (AvgIpc) is 3.34. The fourth-order valence-corrected chi connectivity index (χ4v) is 4.60. The molecule has 0 aliphatic carbocycles. The van der Waals surface area contributed by atoms with Crippen molar-refractivity contribution in [2.24, 2.45) is 0 Å². The lowest BCUT2D eigenvalue weighted by Crippen LogP contribution is -2.10. The van der Waals surface area contributed by atoms with Gasteiger partial charge >= 0.3 is 0 Å². The van der Waals surface area contributed by atoms with Gasteiger partial charge in [-0.2, -0.15) is 0 Å². The molecule has 1 aromatic heterocycles. The molecule has 0 aliphatic rings. The minimum atomic E-state index is -0.449. The van der Waals surface area contributed by atoms with Crippen molar-refractivity contribution in [3.63, 3.8) is 0 Å². The number of carbonyl (C=O) groups excluding carboxylic acids is 1. The van der Waals surface area contributed by atoms with Crippen molar-refractivity contribution in [1.82, 2.24) is 4.98 Å². The largest absolute Gasteiger partial charge is 0.454 e. The predicted octanol–water partition coefficient (Wildman–Crippen LogP) is 9.46. The van der Waals surface area contributed by atoms with Crippen LogP contribution in [0.15, 0.2) is 84.6 Å². The van der Waals surface area contributed by atoms with Crippen molar-refractivity contribution in [1.29, 1.82) is 0 Å². The number of aromatic nitrogens is 1. The summed E-state index contributed by atoms with van der Waals surface area (Å²) in [6.07, 6.45) is 4.05. The number of rotatable bonds is 11. The van der Waals surface area contributed by atoms with Crippen molar-refractivity contribution in [2.75, 3.05) is 5.32 Å². The Balaban J connectivity index is 1.66. The van der Waals surface area contributed by atoms with Crippen LogP contribution < -0.4 is 10.1 Å². The lowest BCUT2D eigenvalue weighted by Gasteiger charge is -2.16. The molecule has 6 heteroatoms. The van der Waals surface area contributed by atoms with Crippen molar-refractivity contribution in [2.45, 2.75) is 52.9 Å². The number of para-hydroxylation sites is 1. The molecule has 1 heterocycles.